The molecule has 1 amide bonds. The summed E-state index contributed by atoms with van der Waals surface area (Å²) in [5, 5.41) is 12.1. The van der Waals surface area contributed by atoms with E-state index in [9.17, 15) is 9.90 Å². The number of rotatable bonds is 1. The molecule has 1 N–H and O–H groups in total. The molecule has 0 saturated heterocycles. The van der Waals surface area contributed by atoms with Gasteiger partial charge in [-0.1, -0.05) is 0 Å². The molecular formula is C5H8NO2. The highest BCUT2D eigenvalue weighted by molar-refractivity contribution is 5.65. The lowest BCUT2D eigenvalue weighted by Gasteiger charge is -2.03. The summed E-state index contributed by atoms with van der Waals surface area (Å²) in [6, 6.07) is 0. The second-order valence-corrected chi connectivity index (χ2v) is 2.47. The van der Waals surface area contributed by atoms with E-state index in [1.54, 1.807) is 0 Å². The lowest BCUT2D eigenvalue weighted by Crippen LogP contribution is -2.31. The molecule has 1 fully saturated rings. The summed E-state index contributed by atoms with van der Waals surface area (Å²) in [6.45, 7) is 1.86. The third kappa shape index (κ3) is 1.12. The Morgan fingerprint density at radius 1 is 1.62 bits per heavy atom. The normalized spacial score (nSPS) is 22.1. The van der Waals surface area contributed by atoms with Gasteiger partial charge in [-0.3, -0.25) is 0 Å². The van der Waals surface area contributed by atoms with Crippen molar-refractivity contribution in [1.29, 1.82) is 0 Å². The van der Waals surface area contributed by atoms with Crippen LogP contribution < -0.4 is 5.32 Å². The number of nitrogens with one attached hydrogen (secondary N) is 1. The van der Waals surface area contributed by atoms with Gasteiger partial charge in [-0.05, 0) is 19.8 Å². The van der Waals surface area contributed by atoms with Gasteiger partial charge in [0.2, 0.25) is 0 Å². The number of carbonyl (C=O) groups excluding carboxylic acids is 1. The van der Waals surface area contributed by atoms with Crippen LogP contribution in [0.4, 0.5) is 4.79 Å². The summed E-state index contributed by atoms with van der Waals surface area (Å²) in [7, 11) is 0. The Hall–Kier alpha value is -0.730. The van der Waals surface area contributed by atoms with Gasteiger partial charge in [0.25, 0.3) is 0 Å². The summed E-state index contributed by atoms with van der Waals surface area (Å²) < 4.78 is 0. The van der Waals surface area contributed by atoms with Gasteiger partial charge < -0.3 is 5.32 Å². The number of amides is 1. The van der Waals surface area contributed by atoms with Gasteiger partial charge in [0.15, 0.2) is 0 Å². The molecule has 1 saturated carbocycles. The van der Waals surface area contributed by atoms with Gasteiger partial charge in [-0.25, -0.2) is 9.90 Å². The lowest BCUT2D eigenvalue weighted by atomic mass is 10.3. The quantitative estimate of drug-likeness (QED) is 0.535. The van der Waals surface area contributed by atoms with Crippen molar-refractivity contribution in [2.24, 2.45) is 0 Å². The molecule has 1 aliphatic carbocycles. The van der Waals surface area contributed by atoms with E-state index in [1.165, 1.54) is 0 Å². The van der Waals surface area contributed by atoms with E-state index in [1.807, 2.05) is 6.92 Å². The van der Waals surface area contributed by atoms with E-state index in [2.05, 4.69) is 5.32 Å². The molecular weight excluding hydrogens is 106 g/mol. The van der Waals surface area contributed by atoms with E-state index in [0.717, 1.165) is 12.8 Å². The number of hydrogen-bond acceptors (Lipinski definition) is 1. The van der Waals surface area contributed by atoms with Crippen LogP contribution in [0.3, 0.4) is 0 Å². The minimum absolute atomic E-state index is 0.140. The molecule has 1 radical (unpaired) electrons. The van der Waals surface area contributed by atoms with Crippen LogP contribution in [0.25, 0.3) is 0 Å². The van der Waals surface area contributed by atoms with E-state index >= 15 is 0 Å². The standard InChI is InChI=1S/C5H8NO2/c1-5(2-3-5)6-4(7)8/h6H,2-3H2,1H3. The van der Waals surface area contributed by atoms with Gasteiger partial charge in [0, 0.05) is 5.54 Å². The topological polar surface area (TPSA) is 49.0 Å². The average Bonchev–Trinajstić information content (AvgIpc) is 2.17. The van der Waals surface area contributed by atoms with Gasteiger partial charge in [-0.2, -0.15) is 0 Å². The molecule has 0 atom stereocenters. The summed E-state index contributed by atoms with van der Waals surface area (Å²) in [5.74, 6) is 0. The van der Waals surface area contributed by atoms with Gasteiger partial charge in [-0.15, -0.1) is 0 Å². The summed E-state index contributed by atoms with van der Waals surface area (Å²) >= 11 is 0. The Kier molecular flexibility index (Phi) is 0.927. The first kappa shape index (κ1) is 5.41. The van der Waals surface area contributed by atoms with Crippen molar-refractivity contribution in [3.8, 4) is 0 Å². The van der Waals surface area contributed by atoms with Crippen molar-refractivity contribution in [3.05, 3.63) is 0 Å². The molecule has 0 spiro atoms. The van der Waals surface area contributed by atoms with Crippen molar-refractivity contribution < 1.29 is 9.90 Å². The maximum absolute atomic E-state index is 9.83. The molecule has 0 aromatic heterocycles. The minimum Gasteiger partial charge on any atom is -0.313 e. The maximum Gasteiger partial charge on any atom is 0.451 e. The van der Waals surface area contributed by atoms with Crippen molar-refractivity contribution >= 4 is 6.09 Å². The summed E-state index contributed by atoms with van der Waals surface area (Å²) in [5.41, 5.74) is -0.140. The zero-order chi connectivity index (χ0) is 6.20. The predicted molar refractivity (Wildman–Crippen MR) is 26.9 cm³/mol. The highest BCUT2D eigenvalue weighted by Crippen LogP contribution is 2.33. The smallest absolute Gasteiger partial charge is 0.313 e. The van der Waals surface area contributed by atoms with Crippen LogP contribution >= 0.6 is 0 Å². The monoisotopic (exact) mass is 114 g/mol. The van der Waals surface area contributed by atoms with Gasteiger partial charge in [0.1, 0.15) is 0 Å². The molecule has 1 rings (SSSR count). The Bertz CT molecular complexity index is 118. The fourth-order valence-electron chi connectivity index (χ4n) is 0.559. The molecule has 0 bridgehead atoms. The fraction of sp³-hybridized carbons (Fsp3) is 0.800. The van der Waals surface area contributed by atoms with Crippen LogP contribution in [0.2, 0.25) is 0 Å². The molecule has 0 aliphatic heterocycles. The van der Waals surface area contributed by atoms with Crippen LogP contribution in [0, 0.1) is 0 Å². The molecule has 1 aliphatic rings. The molecule has 3 nitrogen and oxygen atoms in total. The van der Waals surface area contributed by atoms with Crippen LogP contribution in [0.1, 0.15) is 19.8 Å². The average molecular weight is 114 g/mol. The molecule has 45 valence electrons. The van der Waals surface area contributed by atoms with Crippen molar-refractivity contribution in [1.82, 2.24) is 5.32 Å². The molecule has 0 aromatic carbocycles. The van der Waals surface area contributed by atoms with Gasteiger partial charge in [0.05, 0.1) is 0 Å². The summed E-state index contributed by atoms with van der Waals surface area (Å²) in [6.07, 6.45) is 0.729. The Balaban J connectivity index is 2.29. The van der Waals surface area contributed by atoms with Crippen molar-refractivity contribution in [2.45, 2.75) is 25.3 Å². The third-order valence-electron chi connectivity index (χ3n) is 1.40. The fourth-order valence-corrected chi connectivity index (χ4v) is 0.559. The Morgan fingerprint density at radius 2 is 2.12 bits per heavy atom. The Morgan fingerprint density at radius 3 is 2.25 bits per heavy atom. The lowest BCUT2D eigenvalue weighted by molar-refractivity contribution is 0.163. The zero-order valence-corrected chi connectivity index (χ0v) is 4.73. The van der Waals surface area contributed by atoms with E-state index in [0.29, 0.717) is 0 Å². The first-order chi connectivity index (χ1) is 3.62. The van der Waals surface area contributed by atoms with Crippen molar-refractivity contribution in [3.63, 3.8) is 0 Å². The second kappa shape index (κ2) is 1.37. The van der Waals surface area contributed by atoms with E-state index in [-0.39, 0.29) is 5.54 Å². The molecule has 0 heterocycles. The first-order valence-corrected chi connectivity index (χ1v) is 2.62. The van der Waals surface area contributed by atoms with Crippen LogP contribution in [0.15, 0.2) is 0 Å². The van der Waals surface area contributed by atoms with E-state index < -0.39 is 6.09 Å². The molecule has 0 aromatic rings. The van der Waals surface area contributed by atoms with Crippen LogP contribution in [-0.2, 0) is 5.11 Å². The molecule has 8 heavy (non-hydrogen) atoms. The minimum atomic E-state index is -1.16. The highest BCUT2D eigenvalue weighted by atomic mass is 16.4. The number of hydrogen-bond donors (Lipinski definition) is 1. The number of carbonyl (C=O) groups is 1. The molecule has 3 heteroatoms. The van der Waals surface area contributed by atoms with Crippen LogP contribution in [-0.4, -0.2) is 11.6 Å². The highest BCUT2D eigenvalue weighted by Gasteiger charge is 2.39. The zero-order valence-electron chi connectivity index (χ0n) is 4.73. The summed E-state index contributed by atoms with van der Waals surface area (Å²) in [4.78, 5) is 9.83. The van der Waals surface area contributed by atoms with Crippen molar-refractivity contribution in [2.75, 3.05) is 0 Å². The maximum atomic E-state index is 9.83. The molecule has 0 unspecified atom stereocenters. The largest absolute Gasteiger partial charge is 0.451 e. The third-order valence-corrected chi connectivity index (χ3v) is 1.40. The Labute approximate surface area is 47.7 Å². The SMILES string of the molecule is CC1(NC([O])=O)CC1. The second-order valence-electron chi connectivity index (χ2n) is 2.47. The van der Waals surface area contributed by atoms with Crippen LogP contribution in [0.5, 0.6) is 0 Å². The predicted octanol–water partition coefficient (Wildman–Crippen LogP) is 0.679. The van der Waals surface area contributed by atoms with E-state index in [4.69, 9.17) is 0 Å². The van der Waals surface area contributed by atoms with Gasteiger partial charge >= 0.3 is 6.09 Å². The first-order valence-electron chi connectivity index (χ1n) is 2.62.